The van der Waals surface area contributed by atoms with Crippen molar-refractivity contribution in [3.8, 4) is 5.75 Å². The molecular formula is C25H34N2O3. The first-order valence-electron chi connectivity index (χ1n) is 10.5. The van der Waals surface area contributed by atoms with Gasteiger partial charge in [0.05, 0.1) is 0 Å². The number of carbonyl (C=O) groups excluding carboxylic acids is 2. The van der Waals surface area contributed by atoms with Gasteiger partial charge >= 0.3 is 0 Å². The molecule has 0 fully saturated rings. The molecular weight excluding hydrogens is 376 g/mol. The topological polar surface area (TPSA) is 58.6 Å². The molecule has 162 valence electrons. The van der Waals surface area contributed by atoms with Gasteiger partial charge in [-0.25, -0.2) is 0 Å². The Bertz CT molecular complexity index is 876. The fourth-order valence-corrected chi connectivity index (χ4v) is 3.07. The summed E-state index contributed by atoms with van der Waals surface area (Å²) in [6, 6.07) is 13.1. The molecule has 0 aliphatic heterocycles. The van der Waals surface area contributed by atoms with Gasteiger partial charge in [-0.05, 0) is 62.4 Å². The van der Waals surface area contributed by atoms with E-state index in [-0.39, 0.29) is 18.4 Å². The number of nitrogens with one attached hydrogen (secondary N) is 1. The average molecular weight is 411 g/mol. The van der Waals surface area contributed by atoms with Crippen molar-refractivity contribution >= 4 is 11.8 Å². The Hall–Kier alpha value is -2.82. The van der Waals surface area contributed by atoms with Gasteiger partial charge in [0.15, 0.2) is 6.61 Å². The fraction of sp³-hybridized carbons (Fsp3) is 0.440. The fourth-order valence-electron chi connectivity index (χ4n) is 3.07. The first-order chi connectivity index (χ1) is 14.2. The molecule has 0 saturated carbocycles. The van der Waals surface area contributed by atoms with Crippen LogP contribution in [0.3, 0.4) is 0 Å². The minimum absolute atomic E-state index is 0.115. The van der Waals surface area contributed by atoms with Gasteiger partial charge in [0.25, 0.3) is 5.91 Å². The molecule has 0 unspecified atom stereocenters. The molecule has 1 N–H and O–H groups in total. The summed E-state index contributed by atoms with van der Waals surface area (Å²) in [4.78, 5) is 27.3. The summed E-state index contributed by atoms with van der Waals surface area (Å²) in [6.45, 7) is 12.7. The lowest BCUT2D eigenvalue weighted by Crippen LogP contribution is -2.49. The number of rotatable bonds is 9. The van der Waals surface area contributed by atoms with Crippen LogP contribution in [0.15, 0.2) is 42.5 Å². The van der Waals surface area contributed by atoms with Crippen molar-refractivity contribution in [3.05, 3.63) is 64.7 Å². The normalized spacial score (nSPS) is 11.8. The molecule has 0 spiro atoms. The Kier molecular flexibility index (Phi) is 8.46. The molecule has 0 aliphatic carbocycles. The van der Waals surface area contributed by atoms with Gasteiger partial charge < -0.3 is 15.0 Å². The van der Waals surface area contributed by atoms with Crippen LogP contribution < -0.4 is 10.1 Å². The molecule has 30 heavy (non-hydrogen) atoms. The van der Waals surface area contributed by atoms with Gasteiger partial charge in [0, 0.05) is 13.1 Å². The van der Waals surface area contributed by atoms with Crippen LogP contribution in [0.5, 0.6) is 5.75 Å². The number of hydrogen-bond donors (Lipinski definition) is 1. The molecule has 2 rings (SSSR count). The van der Waals surface area contributed by atoms with E-state index in [9.17, 15) is 9.59 Å². The molecule has 2 aromatic rings. The second-order valence-corrected chi connectivity index (χ2v) is 8.36. The molecule has 2 amide bonds. The summed E-state index contributed by atoms with van der Waals surface area (Å²) in [7, 11) is 0. The first-order valence-corrected chi connectivity index (χ1v) is 10.5. The number of aryl methyl sites for hydroxylation is 3. The summed E-state index contributed by atoms with van der Waals surface area (Å²) in [5, 5.41) is 2.93. The van der Waals surface area contributed by atoms with Crippen LogP contribution in [0, 0.1) is 26.7 Å². The van der Waals surface area contributed by atoms with Gasteiger partial charge in [-0.1, -0.05) is 49.7 Å². The van der Waals surface area contributed by atoms with Crippen LogP contribution >= 0.6 is 0 Å². The Balaban J connectivity index is 2.14. The maximum absolute atomic E-state index is 13.1. The smallest absolute Gasteiger partial charge is 0.261 e. The Morgan fingerprint density at radius 3 is 2.37 bits per heavy atom. The molecule has 2 aromatic carbocycles. The van der Waals surface area contributed by atoms with Crippen LogP contribution in [0.4, 0.5) is 0 Å². The van der Waals surface area contributed by atoms with Crippen molar-refractivity contribution in [1.29, 1.82) is 0 Å². The molecule has 0 aliphatic rings. The highest BCUT2D eigenvalue weighted by molar-refractivity contribution is 5.88. The lowest BCUT2D eigenvalue weighted by molar-refractivity contribution is -0.142. The molecule has 0 aromatic heterocycles. The number of amides is 2. The molecule has 0 heterocycles. The zero-order chi connectivity index (χ0) is 22.3. The molecule has 5 nitrogen and oxygen atoms in total. The molecule has 1 atom stereocenters. The molecule has 0 bridgehead atoms. The van der Waals surface area contributed by atoms with Gasteiger partial charge in [0.2, 0.25) is 5.91 Å². The summed E-state index contributed by atoms with van der Waals surface area (Å²) < 4.78 is 5.75. The monoisotopic (exact) mass is 410 g/mol. The largest absolute Gasteiger partial charge is 0.484 e. The van der Waals surface area contributed by atoms with Crippen molar-refractivity contribution < 1.29 is 14.3 Å². The predicted octanol–water partition coefficient (Wildman–Crippen LogP) is 4.18. The Morgan fingerprint density at radius 1 is 1.00 bits per heavy atom. The van der Waals surface area contributed by atoms with E-state index >= 15 is 0 Å². The quantitative estimate of drug-likeness (QED) is 0.675. The Labute approximate surface area is 180 Å². The van der Waals surface area contributed by atoms with E-state index in [1.165, 1.54) is 5.56 Å². The molecule has 0 radical (unpaired) electrons. The van der Waals surface area contributed by atoms with E-state index in [0.29, 0.717) is 24.8 Å². The number of nitrogens with zero attached hydrogens (tertiary/aromatic N) is 1. The summed E-state index contributed by atoms with van der Waals surface area (Å²) in [6.07, 6.45) is 0. The highest BCUT2D eigenvalue weighted by atomic mass is 16.5. The van der Waals surface area contributed by atoms with Crippen LogP contribution in [-0.2, 0) is 16.1 Å². The number of benzene rings is 2. The van der Waals surface area contributed by atoms with Crippen LogP contribution in [0.2, 0.25) is 0 Å². The van der Waals surface area contributed by atoms with E-state index in [1.807, 2.05) is 77.1 Å². The first kappa shape index (κ1) is 23.5. The number of ether oxygens (including phenoxy) is 1. The average Bonchev–Trinajstić information content (AvgIpc) is 2.70. The van der Waals surface area contributed by atoms with Gasteiger partial charge in [-0.15, -0.1) is 0 Å². The highest BCUT2D eigenvalue weighted by Gasteiger charge is 2.26. The zero-order valence-electron chi connectivity index (χ0n) is 19.0. The SMILES string of the molecule is Cc1cccc(CN(C(=O)COc2ccc(C)c(C)c2)[C@@H](C)C(=O)NCC(C)C)c1. The van der Waals surface area contributed by atoms with Gasteiger partial charge in [-0.3, -0.25) is 9.59 Å². The number of carbonyl (C=O) groups is 2. The minimum Gasteiger partial charge on any atom is -0.484 e. The van der Waals surface area contributed by atoms with Crippen molar-refractivity contribution in [3.63, 3.8) is 0 Å². The standard InChI is InChI=1S/C25H34N2O3/c1-17(2)14-26-25(29)21(6)27(15-22-9-7-8-18(3)12-22)24(28)16-30-23-11-10-19(4)20(5)13-23/h7-13,17,21H,14-16H2,1-6H3,(H,26,29)/t21-/m0/s1. The third-order valence-electron chi connectivity index (χ3n) is 5.13. The summed E-state index contributed by atoms with van der Waals surface area (Å²) in [5.41, 5.74) is 4.38. The summed E-state index contributed by atoms with van der Waals surface area (Å²) in [5.74, 6) is 0.617. The van der Waals surface area contributed by atoms with Gasteiger partial charge in [0.1, 0.15) is 11.8 Å². The maximum Gasteiger partial charge on any atom is 0.261 e. The van der Waals surface area contributed by atoms with E-state index in [1.54, 1.807) is 11.8 Å². The van der Waals surface area contributed by atoms with E-state index in [2.05, 4.69) is 5.32 Å². The molecule has 0 saturated heterocycles. The second kappa shape index (κ2) is 10.8. The van der Waals surface area contributed by atoms with Crippen molar-refractivity contribution in [2.45, 2.75) is 54.1 Å². The zero-order valence-corrected chi connectivity index (χ0v) is 19.0. The third kappa shape index (κ3) is 6.90. The van der Waals surface area contributed by atoms with Crippen LogP contribution in [-0.4, -0.2) is 35.9 Å². The lowest BCUT2D eigenvalue weighted by Gasteiger charge is -2.29. The van der Waals surface area contributed by atoms with E-state index in [4.69, 9.17) is 4.74 Å². The van der Waals surface area contributed by atoms with Crippen molar-refractivity contribution in [1.82, 2.24) is 10.2 Å². The van der Waals surface area contributed by atoms with E-state index in [0.717, 1.165) is 16.7 Å². The maximum atomic E-state index is 13.1. The number of hydrogen-bond acceptors (Lipinski definition) is 3. The van der Waals surface area contributed by atoms with Crippen molar-refractivity contribution in [2.75, 3.05) is 13.2 Å². The predicted molar refractivity (Wildman–Crippen MR) is 120 cm³/mol. The lowest BCUT2D eigenvalue weighted by atomic mass is 10.1. The van der Waals surface area contributed by atoms with Gasteiger partial charge in [-0.2, -0.15) is 0 Å². The van der Waals surface area contributed by atoms with Crippen LogP contribution in [0.25, 0.3) is 0 Å². The minimum atomic E-state index is -0.597. The van der Waals surface area contributed by atoms with E-state index < -0.39 is 6.04 Å². The highest BCUT2D eigenvalue weighted by Crippen LogP contribution is 2.17. The molecule has 5 heteroatoms. The second-order valence-electron chi connectivity index (χ2n) is 8.36. The third-order valence-corrected chi connectivity index (χ3v) is 5.13. The van der Waals surface area contributed by atoms with Crippen LogP contribution in [0.1, 0.15) is 43.0 Å². The summed E-state index contributed by atoms with van der Waals surface area (Å²) >= 11 is 0. The van der Waals surface area contributed by atoms with Crippen molar-refractivity contribution in [2.24, 2.45) is 5.92 Å². The Morgan fingerprint density at radius 2 is 1.73 bits per heavy atom.